The third kappa shape index (κ3) is 9.62. The fourth-order valence-electron chi connectivity index (χ4n) is 2.84. The lowest BCUT2D eigenvalue weighted by Gasteiger charge is -2.16. The van der Waals surface area contributed by atoms with Crippen LogP contribution < -0.4 is 5.32 Å². The Labute approximate surface area is 131 Å². The molecule has 0 aliphatic carbocycles. The van der Waals surface area contributed by atoms with Gasteiger partial charge in [-0.1, -0.05) is 64.4 Å². The van der Waals surface area contributed by atoms with Crippen LogP contribution in [0.4, 0.5) is 0 Å². The Morgan fingerprint density at radius 1 is 1.00 bits per heavy atom. The van der Waals surface area contributed by atoms with Crippen LogP contribution in [0.25, 0.3) is 0 Å². The molecule has 0 aromatic carbocycles. The second kappa shape index (κ2) is 12.8. The topological polar surface area (TPSA) is 24.9 Å². The molecule has 0 spiro atoms. The summed E-state index contributed by atoms with van der Waals surface area (Å²) in [6.45, 7) is 2.28. The third-order valence-corrected chi connectivity index (χ3v) is 4.32. The van der Waals surface area contributed by atoms with Crippen molar-refractivity contribution in [3.63, 3.8) is 0 Å². The van der Waals surface area contributed by atoms with Gasteiger partial charge in [0.2, 0.25) is 0 Å². The number of pyridine rings is 1. The molecule has 1 aromatic heterocycles. The first kappa shape index (κ1) is 18.2. The minimum Gasteiger partial charge on any atom is -0.317 e. The van der Waals surface area contributed by atoms with Crippen molar-refractivity contribution in [1.29, 1.82) is 0 Å². The number of aryl methyl sites for hydroxylation is 1. The van der Waals surface area contributed by atoms with Gasteiger partial charge in [0, 0.05) is 18.4 Å². The van der Waals surface area contributed by atoms with E-state index in [4.69, 9.17) is 0 Å². The molecule has 0 radical (unpaired) electrons. The molecule has 1 unspecified atom stereocenters. The van der Waals surface area contributed by atoms with E-state index in [-0.39, 0.29) is 0 Å². The molecule has 120 valence electrons. The zero-order valence-electron chi connectivity index (χ0n) is 14.1. The summed E-state index contributed by atoms with van der Waals surface area (Å²) in [5, 5.41) is 3.47. The van der Waals surface area contributed by atoms with Crippen molar-refractivity contribution in [2.75, 3.05) is 7.05 Å². The Kier molecular flexibility index (Phi) is 11.1. The first-order chi connectivity index (χ1) is 10.4. The number of nitrogens with zero attached hydrogens (tertiary/aromatic N) is 1. The second-order valence-electron chi connectivity index (χ2n) is 6.15. The molecular weight excluding hydrogens is 256 g/mol. The Morgan fingerprint density at radius 3 is 2.33 bits per heavy atom. The van der Waals surface area contributed by atoms with Gasteiger partial charge in [0.1, 0.15) is 0 Å². The highest BCUT2D eigenvalue weighted by molar-refractivity contribution is 5.08. The highest BCUT2D eigenvalue weighted by atomic mass is 14.9. The van der Waals surface area contributed by atoms with E-state index >= 15 is 0 Å². The molecule has 1 rings (SSSR count). The third-order valence-electron chi connectivity index (χ3n) is 4.32. The van der Waals surface area contributed by atoms with Gasteiger partial charge < -0.3 is 5.32 Å². The van der Waals surface area contributed by atoms with Crippen LogP contribution in [-0.2, 0) is 6.42 Å². The zero-order valence-corrected chi connectivity index (χ0v) is 14.1. The predicted molar refractivity (Wildman–Crippen MR) is 92.6 cm³/mol. The maximum Gasteiger partial charge on any atom is 0.0299 e. The van der Waals surface area contributed by atoms with Gasteiger partial charge in [-0.3, -0.25) is 4.98 Å². The van der Waals surface area contributed by atoms with Crippen LogP contribution in [0.1, 0.15) is 76.7 Å². The van der Waals surface area contributed by atoms with Crippen LogP contribution in [0.2, 0.25) is 0 Å². The van der Waals surface area contributed by atoms with Crippen LogP contribution >= 0.6 is 0 Å². The van der Waals surface area contributed by atoms with Gasteiger partial charge >= 0.3 is 0 Å². The lowest BCUT2D eigenvalue weighted by Crippen LogP contribution is -2.25. The largest absolute Gasteiger partial charge is 0.317 e. The summed E-state index contributed by atoms with van der Waals surface area (Å²) < 4.78 is 0. The Hall–Kier alpha value is -0.890. The number of hydrogen-bond acceptors (Lipinski definition) is 2. The van der Waals surface area contributed by atoms with E-state index in [9.17, 15) is 0 Å². The number of rotatable bonds is 13. The first-order valence-electron chi connectivity index (χ1n) is 8.93. The SMILES string of the molecule is CCCCCCCCCCC(CCc1cccnc1)NC. The van der Waals surface area contributed by atoms with Crippen molar-refractivity contribution < 1.29 is 0 Å². The highest BCUT2D eigenvalue weighted by Crippen LogP contribution is 2.13. The van der Waals surface area contributed by atoms with E-state index < -0.39 is 0 Å². The molecule has 2 nitrogen and oxygen atoms in total. The molecule has 2 heteroatoms. The van der Waals surface area contributed by atoms with Crippen molar-refractivity contribution in [3.05, 3.63) is 30.1 Å². The maximum absolute atomic E-state index is 4.19. The lowest BCUT2D eigenvalue weighted by atomic mass is 10.00. The van der Waals surface area contributed by atoms with Gasteiger partial charge in [0.15, 0.2) is 0 Å². The summed E-state index contributed by atoms with van der Waals surface area (Å²) in [5.74, 6) is 0. The minimum absolute atomic E-state index is 0.658. The number of nitrogens with one attached hydrogen (secondary N) is 1. The molecule has 21 heavy (non-hydrogen) atoms. The van der Waals surface area contributed by atoms with E-state index in [1.165, 1.54) is 69.8 Å². The van der Waals surface area contributed by atoms with Crippen LogP contribution in [0.15, 0.2) is 24.5 Å². The standard InChI is InChI=1S/C19H34N2/c1-3-4-5-6-7-8-9-10-13-19(20-2)15-14-18-12-11-16-21-17-18/h11-12,16-17,19-20H,3-10,13-15H2,1-2H3. The van der Waals surface area contributed by atoms with Gasteiger partial charge in [-0.05, 0) is 37.9 Å². The molecule has 0 saturated carbocycles. The van der Waals surface area contributed by atoms with Gasteiger partial charge in [0.05, 0.1) is 0 Å². The monoisotopic (exact) mass is 290 g/mol. The van der Waals surface area contributed by atoms with E-state index in [0.717, 1.165) is 6.42 Å². The fraction of sp³-hybridized carbons (Fsp3) is 0.737. The molecule has 1 N–H and O–H groups in total. The summed E-state index contributed by atoms with van der Waals surface area (Å²) in [7, 11) is 2.10. The number of aromatic nitrogens is 1. The average molecular weight is 290 g/mol. The Balaban J connectivity index is 2.01. The smallest absolute Gasteiger partial charge is 0.0299 e. The summed E-state index contributed by atoms with van der Waals surface area (Å²) in [5.41, 5.74) is 1.36. The van der Waals surface area contributed by atoms with Crippen molar-refractivity contribution in [2.24, 2.45) is 0 Å². The fourth-order valence-corrected chi connectivity index (χ4v) is 2.84. The summed E-state index contributed by atoms with van der Waals surface area (Å²) >= 11 is 0. The summed E-state index contributed by atoms with van der Waals surface area (Å²) in [6.07, 6.45) is 18.7. The van der Waals surface area contributed by atoms with Gasteiger partial charge in [-0.2, -0.15) is 0 Å². The molecule has 0 aliphatic heterocycles. The highest BCUT2D eigenvalue weighted by Gasteiger charge is 2.06. The summed E-state index contributed by atoms with van der Waals surface area (Å²) in [4.78, 5) is 4.19. The van der Waals surface area contributed by atoms with E-state index in [0.29, 0.717) is 6.04 Å². The quantitative estimate of drug-likeness (QED) is 0.509. The van der Waals surface area contributed by atoms with E-state index in [2.05, 4.69) is 30.3 Å². The number of hydrogen-bond donors (Lipinski definition) is 1. The zero-order chi connectivity index (χ0) is 15.2. The van der Waals surface area contributed by atoms with Crippen LogP contribution in [0.3, 0.4) is 0 Å². The molecule has 0 aliphatic rings. The molecule has 1 atom stereocenters. The van der Waals surface area contributed by atoms with Crippen molar-refractivity contribution in [3.8, 4) is 0 Å². The van der Waals surface area contributed by atoms with Crippen molar-refractivity contribution in [1.82, 2.24) is 10.3 Å². The molecule has 0 bridgehead atoms. The normalized spacial score (nSPS) is 12.5. The Bertz CT molecular complexity index is 324. The lowest BCUT2D eigenvalue weighted by molar-refractivity contribution is 0.456. The van der Waals surface area contributed by atoms with Crippen LogP contribution in [0.5, 0.6) is 0 Å². The Morgan fingerprint density at radius 2 is 1.71 bits per heavy atom. The summed E-state index contributed by atoms with van der Waals surface area (Å²) in [6, 6.07) is 4.86. The van der Waals surface area contributed by atoms with Gasteiger partial charge in [-0.25, -0.2) is 0 Å². The molecule has 1 aromatic rings. The molecule has 0 saturated heterocycles. The van der Waals surface area contributed by atoms with E-state index in [1.807, 2.05) is 18.5 Å². The predicted octanol–water partition coefficient (Wildman–Crippen LogP) is 5.13. The van der Waals surface area contributed by atoms with Gasteiger partial charge in [0.25, 0.3) is 0 Å². The van der Waals surface area contributed by atoms with E-state index in [1.54, 1.807) is 0 Å². The first-order valence-corrected chi connectivity index (χ1v) is 8.93. The average Bonchev–Trinajstić information content (AvgIpc) is 2.54. The minimum atomic E-state index is 0.658. The van der Waals surface area contributed by atoms with Crippen molar-refractivity contribution in [2.45, 2.75) is 83.6 Å². The molecule has 0 fully saturated rings. The maximum atomic E-state index is 4.19. The molecule has 0 amide bonds. The second-order valence-corrected chi connectivity index (χ2v) is 6.15. The number of unbranched alkanes of at least 4 members (excludes halogenated alkanes) is 7. The van der Waals surface area contributed by atoms with Crippen LogP contribution in [0, 0.1) is 0 Å². The molecular formula is C19H34N2. The molecule has 1 heterocycles. The van der Waals surface area contributed by atoms with Crippen molar-refractivity contribution >= 4 is 0 Å². The van der Waals surface area contributed by atoms with Gasteiger partial charge in [-0.15, -0.1) is 0 Å². The van der Waals surface area contributed by atoms with Crippen LogP contribution in [-0.4, -0.2) is 18.1 Å².